The van der Waals surface area contributed by atoms with E-state index in [-0.39, 0.29) is 6.04 Å². The average Bonchev–Trinajstić information content (AvgIpc) is 2.53. The van der Waals surface area contributed by atoms with Crippen molar-refractivity contribution in [1.82, 2.24) is 0 Å². The van der Waals surface area contributed by atoms with Gasteiger partial charge < -0.3 is 10.0 Å². The minimum atomic E-state index is -0.430. The van der Waals surface area contributed by atoms with Crippen molar-refractivity contribution in [2.24, 2.45) is 0 Å². The highest BCUT2D eigenvalue weighted by molar-refractivity contribution is 6.30. The SMILES string of the molecule is CC[C@@H](O)c1ccccc1N(C)C(C)c1ccc(Cl)cc1. The molecular formula is C18H22ClNO. The van der Waals surface area contributed by atoms with Crippen molar-refractivity contribution in [3.8, 4) is 0 Å². The van der Waals surface area contributed by atoms with Crippen LogP contribution >= 0.6 is 11.6 Å². The van der Waals surface area contributed by atoms with Crippen molar-refractivity contribution in [3.63, 3.8) is 0 Å². The number of rotatable bonds is 5. The monoisotopic (exact) mass is 303 g/mol. The second-order valence-corrected chi connectivity index (χ2v) is 5.76. The minimum Gasteiger partial charge on any atom is -0.388 e. The standard InChI is InChI=1S/C18H22ClNO/c1-4-18(21)16-7-5-6-8-17(16)20(3)13(2)14-9-11-15(19)12-10-14/h5-13,18,21H,4H2,1-3H3/t13?,18-/m1/s1. The topological polar surface area (TPSA) is 23.5 Å². The summed E-state index contributed by atoms with van der Waals surface area (Å²) in [5.74, 6) is 0. The number of para-hydroxylation sites is 1. The van der Waals surface area contributed by atoms with Crippen LogP contribution in [0.25, 0.3) is 0 Å². The predicted molar refractivity (Wildman–Crippen MR) is 90.0 cm³/mol. The van der Waals surface area contributed by atoms with Gasteiger partial charge in [-0.1, -0.05) is 48.9 Å². The van der Waals surface area contributed by atoms with Gasteiger partial charge in [-0.2, -0.15) is 0 Å². The fraction of sp³-hybridized carbons (Fsp3) is 0.333. The quantitative estimate of drug-likeness (QED) is 0.842. The summed E-state index contributed by atoms with van der Waals surface area (Å²) in [6, 6.07) is 16.1. The van der Waals surface area contributed by atoms with E-state index in [2.05, 4.69) is 24.9 Å². The summed E-state index contributed by atoms with van der Waals surface area (Å²) in [6.07, 6.45) is 0.279. The molecule has 0 radical (unpaired) electrons. The molecule has 1 N–H and O–H groups in total. The number of aliphatic hydroxyl groups is 1. The van der Waals surface area contributed by atoms with Gasteiger partial charge in [0.05, 0.1) is 12.1 Å². The number of hydrogen-bond donors (Lipinski definition) is 1. The number of anilines is 1. The Kier molecular flexibility index (Phi) is 5.27. The first-order chi connectivity index (χ1) is 10.0. The third-order valence-electron chi connectivity index (χ3n) is 4.00. The molecule has 3 heteroatoms. The summed E-state index contributed by atoms with van der Waals surface area (Å²) in [5, 5.41) is 10.9. The Hall–Kier alpha value is -1.51. The van der Waals surface area contributed by atoms with E-state index in [1.165, 1.54) is 5.56 Å². The Balaban J connectivity index is 2.31. The predicted octanol–water partition coefficient (Wildman–Crippen LogP) is 4.98. The fourth-order valence-corrected chi connectivity index (χ4v) is 2.61. The van der Waals surface area contributed by atoms with E-state index >= 15 is 0 Å². The lowest BCUT2D eigenvalue weighted by Crippen LogP contribution is -2.23. The van der Waals surface area contributed by atoms with E-state index in [1.807, 2.05) is 49.4 Å². The van der Waals surface area contributed by atoms with Crippen LogP contribution in [0.15, 0.2) is 48.5 Å². The van der Waals surface area contributed by atoms with Crippen molar-refractivity contribution in [1.29, 1.82) is 0 Å². The highest BCUT2D eigenvalue weighted by Gasteiger charge is 2.18. The lowest BCUT2D eigenvalue weighted by Gasteiger charge is -2.30. The van der Waals surface area contributed by atoms with Gasteiger partial charge in [-0.05, 0) is 37.1 Å². The number of nitrogens with zero attached hydrogens (tertiary/aromatic N) is 1. The third-order valence-corrected chi connectivity index (χ3v) is 4.25. The zero-order valence-corrected chi connectivity index (χ0v) is 13.5. The highest BCUT2D eigenvalue weighted by Crippen LogP contribution is 2.32. The van der Waals surface area contributed by atoms with E-state index in [9.17, 15) is 5.11 Å². The van der Waals surface area contributed by atoms with Crippen LogP contribution < -0.4 is 4.90 Å². The molecule has 2 aromatic rings. The first-order valence-corrected chi connectivity index (χ1v) is 7.67. The van der Waals surface area contributed by atoms with Crippen LogP contribution in [-0.4, -0.2) is 12.2 Å². The molecule has 0 saturated heterocycles. The lowest BCUT2D eigenvalue weighted by molar-refractivity contribution is 0.174. The summed E-state index contributed by atoms with van der Waals surface area (Å²) in [6.45, 7) is 4.14. The molecule has 112 valence electrons. The highest BCUT2D eigenvalue weighted by atomic mass is 35.5. The molecule has 0 heterocycles. The summed E-state index contributed by atoms with van der Waals surface area (Å²) in [7, 11) is 2.06. The molecule has 2 atom stereocenters. The van der Waals surface area contributed by atoms with Crippen LogP contribution in [-0.2, 0) is 0 Å². The average molecular weight is 304 g/mol. The molecule has 0 fully saturated rings. The van der Waals surface area contributed by atoms with Crippen LogP contribution in [0.4, 0.5) is 5.69 Å². The van der Waals surface area contributed by atoms with Gasteiger partial charge in [0, 0.05) is 23.3 Å². The molecule has 0 aliphatic rings. The maximum atomic E-state index is 10.2. The summed E-state index contributed by atoms with van der Waals surface area (Å²) < 4.78 is 0. The Morgan fingerprint density at radius 2 is 1.71 bits per heavy atom. The summed E-state index contributed by atoms with van der Waals surface area (Å²) in [4.78, 5) is 2.19. The van der Waals surface area contributed by atoms with Gasteiger partial charge in [-0.15, -0.1) is 0 Å². The fourth-order valence-electron chi connectivity index (χ4n) is 2.48. The van der Waals surface area contributed by atoms with E-state index in [1.54, 1.807) is 0 Å². The zero-order valence-electron chi connectivity index (χ0n) is 12.8. The molecule has 1 unspecified atom stereocenters. The number of benzene rings is 2. The minimum absolute atomic E-state index is 0.201. The molecule has 0 aliphatic carbocycles. The first-order valence-electron chi connectivity index (χ1n) is 7.29. The molecule has 2 rings (SSSR count). The van der Waals surface area contributed by atoms with E-state index < -0.39 is 6.10 Å². The van der Waals surface area contributed by atoms with Crippen molar-refractivity contribution in [2.75, 3.05) is 11.9 Å². The van der Waals surface area contributed by atoms with Crippen LogP contribution in [0.5, 0.6) is 0 Å². The van der Waals surface area contributed by atoms with Gasteiger partial charge in [0.1, 0.15) is 0 Å². The van der Waals surface area contributed by atoms with E-state index in [0.29, 0.717) is 6.42 Å². The molecule has 0 amide bonds. The van der Waals surface area contributed by atoms with Crippen molar-refractivity contribution in [2.45, 2.75) is 32.4 Å². The molecular weight excluding hydrogens is 282 g/mol. The Morgan fingerprint density at radius 3 is 2.33 bits per heavy atom. The molecule has 0 aliphatic heterocycles. The zero-order chi connectivity index (χ0) is 15.4. The number of aliphatic hydroxyl groups excluding tert-OH is 1. The smallest absolute Gasteiger partial charge is 0.0807 e. The van der Waals surface area contributed by atoms with Crippen LogP contribution in [0.2, 0.25) is 5.02 Å². The molecule has 2 nitrogen and oxygen atoms in total. The van der Waals surface area contributed by atoms with Gasteiger partial charge in [-0.3, -0.25) is 0 Å². The maximum absolute atomic E-state index is 10.2. The molecule has 21 heavy (non-hydrogen) atoms. The molecule has 2 aromatic carbocycles. The van der Waals surface area contributed by atoms with Crippen molar-refractivity contribution in [3.05, 3.63) is 64.7 Å². The van der Waals surface area contributed by atoms with Gasteiger partial charge >= 0.3 is 0 Å². The van der Waals surface area contributed by atoms with Crippen LogP contribution in [0.3, 0.4) is 0 Å². The summed E-state index contributed by atoms with van der Waals surface area (Å²) >= 11 is 5.95. The second-order valence-electron chi connectivity index (χ2n) is 5.32. The van der Waals surface area contributed by atoms with Crippen LogP contribution in [0, 0.1) is 0 Å². The third kappa shape index (κ3) is 3.58. The van der Waals surface area contributed by atoms with Crippen LogP contribution in [0.1, 0.15) is 43.5 Å². The number of halogens is 1. The Bertz CT molecular complexity index is 582. The molecule has 0 spiro atoms. The Morgan fingerprint density at radius 1 is 1.10 bits per heavy atom. The largest absolute Gasteiger partial charge is 0.388 e. The molecule has 0 bridgehead atoms. The second kappa shape index (κ2) is 6.97. The van der Waals surface area contributed by atoms with E-state index in [0.717, 1.165) is 16.3 Å². The van der Waals surface area contributed by atoms with Gasteiger partial charge in [0.15, 0.2) is 0 Å². The first kappa shape index (κ1) is 15.9. The Labute approximate surface area is 132 Å². The van der Waals surface area contributed by atoms with Gasteiger partial charge in [-0.25, -0.2) is 0 Å². The molecule has 0 saturated carbocycles. The van der Waals surface area contributed by atoms with E-state index in [4.69, 9.17) is 11.6 Å². The molecule has 0 aromatic heterocycles. The van der Waals surface area contributed by atoms with Crippen molar-refractivity contribution >= 4 is 17.3 Å². The van der Waals surface area contributed by atoms with Crippen molar-refractivity contribution < 1.29 is 5.11 Å². The number of hydrogen-bond acceptors (Lipinski definition) is 2. The van der Waals surface area contributed by atoms with Gasteiger partial charge in [0.2, 0.25) is 0 Å². The normalized spacial score (nSPS) is 13.8. The van der Waals surface area contributed by atoms with Gasteiger partial charge in [0.25, 0.3) is 0 Å². The maximum Gasteiger partial charge on any atom is 0.0807 e. The lowest BCUT2D eigenvalue weighted by atomic mass is 10.0. The summed E-state index contributed by atoms with van der Waals surface area (Å²) in [5.41, 5.74) is 3.24.